The van der Waals surface area contributed by atoms with E-state index in [1.165, 1.54) is 0 Å². The number of amides is 1. The molecule has 0 aromatic heterocycles. The van der Waals surface area contributed by atoms with Crippen LogP contribution in [0.2, 0.25) is 10.0 Å². The lowest BCUT2D eigenvalue weighted by Crippen LogP contribution is -2.17. The number of para-hydroxylation sites is 1. The van der Waals surface area contributed by atoms with E-state index < -0.39 is 0 Å². The number of rotatable bonds is 5. The number of carbonyl (C=O) groups is 1. The van der Waals surface area contributed by atoms with E-state index in [1.807, 2.05) is 24.3 Å². The fourth-order valence-electron chi connectivity index (χ4n) is 2.42. The van der Waals surface area contributed by atoms with E-state index in [1.54, 1.807) is 12.1 Å². The molecule has 0 aliphatic rings. The number of aryl methyl sites for hydroxylation is 2. The minimum Gasteiger partial charge on any atom is -0.325 e. The number of hydrogen-bond donors (Lipinski definition) is 1. The highest BCUT2D eigenvalue weighted by Gasteiger charge is 2.11. The third-order valence-electron chi connectivity index (χ3n) is 3.61. The van der Waals surface area contributed by atoms with Crippen molar-refractivity contribution >= 4 is 34.8 Å². The van der Waals surface area contributed by atoms with Crippen molar-refractivity contribution in [3.8, 4) is 0 Å². The van der Waals surface area contributed by atoms with Gasteiger partial charge in [0.2, 0.25) is 5.91 Å². The van der Waals surface area contributed by atoms with Gasteiger partial charge in [0.1, 0.15) is 0 Å². The molecule has 4 heteroatoms. The number of carbonyl (C=O) groups excluding carboxylic acids is 1. The highest BCUT2D eigenvalue weighted by atomic mass is 35.5. The van der Waals surface area contributed by atoms with E-state index in [4.69, 9.17) is 23.2 Å². The fourth-order valence-corrected chi connectivity index (χ4v) is 2.74. The molecule has 116 valence electrons. The molecule has 0 heterocycles. The highest BCUT2D eigenvalue weighted by Crippen LogP contribution is 2.25. The molecular formula is C18H19Cl2NO. The first-order valence-corrected chi connectivity index (χ1v) is 8.15. The summed E-state index contributed by atoms with van der Waals surface area (Å²) in [4.78, 5) is 12.3. The Morgan fingerprint density at radius 3 is 2.18 bits per heavy atom. The summed E-state index contributed by atoms with van der Waals surface area (Å²) in [5, 5.41) is 4.01. The van der Waals surface area contributed by atoms with Crippen molar-refractivity contribution in [3.63, 3.8) is 0 Å². The van der Waals surface area contributed by atoms with Crippen LogP contribution in [0.5, 0.6) is 0 Å². The minimum absolute atomic E-state index is 0.0472. The van der Waals surface area contributed by atoms with Crippen LogP contribution in [-0.4, -0.2) is 5.91 Å². The largest absolute Gasteiger partial charge is 0.325 e. The second kappa shape index (κ2) is 7.66. The van der Waals surface area contributed by atoms with E-state index in [0.717, 1.165) is 35.2 Å². The predicted molar refractivity (Wildman–Crippen MR) is 94.0 cm³/mol. The van der Waals surface area contributed by atoms with Crippen molar-refractivity contribution in [2.24, 2.45) is 0 Å². The van der Waals surface area contributed by atoms with E-state index in [9.17, 15) is 4.79 Å². The first-order chi connectivity index (χ1) is 10.5. The lowest BCUT2D eigenvalue weighted by molar-refractivity contribution is -0.115. The standard InChI is InChI=1S/C18H19Cl2NO/c1-3-13-6-5-7-14(4-2)18(13)21-17(22)11-12-8-9-15(19)16(20)10-12/h5-10H,3-4,11H2,1-2H3,(H,21,22). The maximum absolute atomic E-state index is 12.3. The van der Waals surface area contributed by atoms with E-state index in [0.29, 0.717) is 10.0 Å². The van der Waals surface area contributed by atoms with Gasteiger partial charge in [-0.15, -0.1) is 0 Å². The summed E-state index contributed by atoms with van der Waals surface area (Å²) in [7, 11) is 0. The third-order valence-corrected chi connectivity index (χ3v) is 4.35. The molecule has 2 rings (SSSR count). The van der Waals surface area contributed by atoms with Crippen LogP contribution in [0.4, 0.5) is 5.69 Å². The van der Waals surface area contributed by atoms with Crippen molar-refractivity contribution in [2.45, 2.75) is 33.1 Å². The van der Waals surface area contributed by atoms with Gasteiger partial charge in [0.05, 0.1) is 16.5 Å². The summed E-state index contributed by atoms with van der Waals surface area (Å²) in [6, 6.07) is 11.4. The normalized spacial score (nSPS) is 10.5. The fraction of sp³-hybridized carbons (Fsp3) is 0.278. The van der Waals surface area contributed by atoms with Gasteiger partial charge in [0.25, 0.3) is 0 Å². The van der Waals surface area contributed by atoms with Gasteiger partial charge in [0, 0.05) is 5.69 Å². The summed E-state index contributed by atoms with van der Waals surface area (Å²) in [5.74, 6) is -0.0472. The molecule has 0 atom stereocenters. The summed E-state index contributed by atoms with van der Waals surface area (Å²) in [6.45, 7) is 4.17. The van der Waals surface area contributed by atoms with Gasteiger partial charge in [-0.2, -0.15) is 0 Å². The number of hydrogen-bond acceptors (Lipinski definition) is 1. The van der Waals surface area contributed by atoms with Crippen LogP contribution in [0.15, 0.2) is 36.4 Å². The van der Waals surface area contributed by atoms with E-state index in [2.05, 4.69) is 19.2 Å². The van der Waals surface area contributed by atoms with Crippen LogP contribution in [0, 0.1) is 0 Å². The van der Waals surface area contributed by atoms with Gasteiger partial charge in [-0.05, 0) is 41.7 Å². The molecule has 1 amide bonds. The molecule has 0 saturated carbocycles. The lowest BCUT2D eigenvalue weighted by atomic mass is 10.0. The molecule has 0 fully saturated rings. The average molecular weight is 336 g/mol. The minimum atomic E-state index is -0.0472. The Balaban J connectivity index is 2.17. The Labute approximate surface area is 141 Å². The summed E-state index contributed by atoms with van der Waals surface area (Å²) >= 11 is 11.9. The number of benzene rings is 2. The smallest absolute Gasteiger partial charge is 0.228 e. The van der Waals surface area contributed by atoms with Crippen molar-refractivity contribution in [3.05, 3.63) is 63.1 Å². The molecule has 0 radical (unpaired) electrons. The van der Waals surface area contributed by atoms with Crippen LogP contribution in [0.25, 0.3) is 0 Å². The molecule has 2 nitrogen and oxygen atoms in total. The number of halogens is 2. The van der Waals surface area contributed by atoms with Crippen molar-refractivity contribution in [2.75, 3.05) is 5.32 Å². The molecule has 1 N–H and O–H groups in total. The SMILES string of the molecule is CCc1cccc(CC)c1NC(=O)Cc1ccc(Cl)c(Cl)c1. The molecule has 0 spiro atoms. The van der Waals surface area contributed by atoms with Crippen LogP contribution in [0.1, 0.15) is 30.5 Å². The molecule has 0 saturated heterocycles. The zero-order valence-electron chi connectivity index (χ0n) is 12.7. The summed E-state index contributed by atoms with van der Waals surface area (Å²) in [5.41, 5.74) is 4.10. The first-order valence-electron chi connectivity index (χ1n) is 7.39. The number of nitrogens with one attached hydrogen (secondary N) is 1. The van der Waals surface area contributed by atoms with Crippen LogP contribution in [-0.2, 0) is 24.1 Å². The van der Waals surface area contributed by atoms with Crippen molar-refractivity contribution < 1.29 is 4.79 Å². The number of anilines is 1. The molecule has 22 heavy (non-hydrogen) atoms. The van der Waals surface area contributed by atoms with Crippen molar-refractivity contribution in [1.82, 2.24) is 0 Å². The second-order valence-corrected chi connectivity index (χ2v) is 5.95. The Hall–Kier alpha value is -1.51. The highest BCUT2D eigenvalue weighted by molar-refractivity contribution is 6.42. The molecule has 2 aromatic rings. The van der Waals surface area contributed by atoms with Gasteiger partial charge in [-0.1, -0.05) is 61.3 Å². The Morgan fingerprint density at radius 1 is 1.00 bits per heavy atom. The summed E-state index contributed by atoms with van der Waals surface area (Å²) < 4.78 is 0. The molecular weight excluding hydrogens is 317 g/mol. The molecule has 2 aromatic carbocycles. The monoisotopic (exact) mass is 335 g/mol. The van der Waals surface area contributed by atoms with E-state index >= 15 is 0 Å². The quantitative estimate of drug-likeness (QED) is 0.789. The van der Waals surface area contributed by atoms with Gasteiger partial charge >= 0.3 is 0 Å². The summed E-state index contributed by atoms with van der Waals surface area (Å²) in [6.07, 6.45) is 2.05. The van der Waals surface area contributed by atoms with Gasteiger partial charge in [-0.25, -0.2) is 0 Å². The molecule has 0 aliphatic carbocycles. The topological polar surface area (TPSA) is 29.1 Å². The Morgan fingerprint density at radius 2 is 1.64 bits per heavy atom. The van der Waals surface area contributed by atoms with Crippen LogP contribution in [0.3, 0.4) is 0 Å². The zero-order chi connectivity index (χ0) is 16.1. The third kappa shape index (κ3) is 4.02. The average Bonchev–Trinajstić information content (AvgIpc) is 2.51. The maximum atomic E-state index is 12.3. The first kappa shape index (κ1) is 16.9. The zero-order valence-corrected chi connectivity index (χ0v) is 14.3. The van der Waals surface area contributed by atoms with Crippen LogP contribution >= 0.6 is 23.2 Å². The van der Waals surface area contributed by atoms with Gasteiger partial charge in [0.15, 0.2) is 0 Å². The molecule has 0 aliphatic heterocycles. The van der Waals surface area contributed by atoms with Gasteiger partial charge in [-0.3, -0.25) is 4.79 Å². The van der Waals surface area contributed by atoms with Crippen LogP contribution < -0.4 is 5.32 Å². The maximum Gasteiger partial charge on any atom is 0.228 e. The molecule has 0 unspecified atom stereocenters. The van der Waals surface area contributed by atoms with Crippen molar-refractivity contribution in [1.29, 1.82) is 0 Å². The lowest BCUT2D eigenvalue weighted by Gasteiger charge is -2.14. The second-order valence-electron chi connectivity index (χ2n) is 5.13. The Kier molecular flexibility index (Phi) is 5.87. The van der Waals surface area contributed by atoms with Gasteiger partial charge < -0.3 is 5.32 Å². The van der Waals surface area contributed by atoms with E-state index in [-0.39, 0.29) is 12.3 Å². The Bertz CT molecular complexity index is 661. The predicted octanol–water partition coefficient (Wildman–Crippen LogP) is 5.30. The molecule has 0 bridgehead atoms.